The minimum Gasteiger partial charge on any atom is -0.303 e. The van der Waals surface area contributed by atoms with E-state index >= 15 is 0 Å². The predicted octanol–water partition coefficient (Wildman–Crippen LogP) is 2.88. The minimum absolute atomic E-state index is 0.458. The van der Waals surface area contributed by atoms with Crippen LogP contribution in [-0.2, 0) is 0 Å². The van der Waals surface area contributed by atoms with Crippen LogP contribution < -0.4 is 0 Å². The zero-order chi connectivity index (χ0) is 9.10. The Morgan fingerprint density at radius 2 is 1.62 bits per heavy atom. The molecule has 1 aliphatic heterocycles. The van der Waals surface area contributed by atoms with Gasteiger partial charge < -0.3 is 4.90 Å². The van der Waals surface area contributed by atoms with Crippen LogP contribution in [0.1, 0.15) is 38.5 Å². The van der Waals surface area contributed by atoms with E-state index in [-0.39, 0.29) is 0 Å². The first-order chi connectivity index (χ1) is 6.34. The second-order valence-electron chi connectivity index (χ2n) is 4.63. The Morgan fingerprint density at radius 3 is 2.23 bits per heavy atom. The van der Waals surface area contributed by atoms with E-state index < -0.39 is 0 Å². The van der Waals surface area contributed by atoms with E-state index in [0.29, 0.717) is 5.38 Å². The Morgan fingerprint density at radius 1 is 1.00 bits per heavy atom. The lowest BCUT2D eigenvalue weighted by Gasteiger charge is -2.31. The van der Waals surface area contributed by atoms with Crippen molar-refractivity contribution in [2.24, 2.45) is 5.92 Å². The van der Waals surface area contributed by atoms with Crippen molar-refractivity contribution in [3.63, 3.8) is 0 Å². The highest BCUT2D eigenvalue weighted by molar-refractivity contribution is 6.20. The molecule has 0 radical (unpaired) electrons. The number of nitrogens with zero attached hydrogens (tertiary/aromatic N) is 1. The number of hydrogen-bond donors (Lipinski definition) is 0. The summed E-state index contributed by atoms with van der Waals surface area (Å²) in [5.74, 6) is 1.01. The van der Waals surface area contributed by atoms with Crippen LogP contribution in [0.3, 0.4) is 0 Å². The van der Waals surface area contributed by atoms with Crippen molar-refractivity contribution in [3.8, 4) is 0 Å². The van der Waals surface area contributed by atoms with Crippen LogP contribution in [-0.4, -0.2) is 29.9 Å². The molecule has 0 atom stereocenters. The van der Waals surface area contributed by atoms with Crippen molar-refractivity contribution in [2.45, 2.75) is 43.9 Å². The monoisotopic (exact) mass is 201 g/mol. The molecule has 0 unspecified atom stereocenters. The summed E-state index contributed by atoms with van der Waals surface area (Å²) >= 11 is 6.07. The predicted molar refractivity (Wildman–Crippen MR) is 57.3 cm³/mol. The zero-order valence-corrected chi connectivity index (χ0v) is 9.10. The highest BCUT2D eigenvalue weighted by atomic mass is 35.5. The smallest absolute Gasteiger partial charge is 0.0360 e. The molecule has 0 aromatic heterocycles. The van der Waals surface area contributed by atoms with Gasteiger partial charge in [-0.05, 0) is 44.7 Å². The van der Waals surface area contributed by atoms with Gasteiger partial charge in [-0.2, -0.15) is 0 Å². The van der Waals surface area contributed by atoms with Crippen LogP contribution in [0, 0.1) is 5.92 Å². The molecule has 1 saturated carbocycles. The van der Waals surface area contributed by atoms with Gasteiger partial charge in [0.15, 0.2) is 0 Å². The minimum atomic E-state index is 0.458. The summed E-state index contributed by atoms with van der Waals surface area (Å²) in [5.41, 5.74) is 0. The fourth-order valence-electron chi connectivity index (χ4n) is 2.64. The zero-order valence-electron chi connectivity index (χ0n) is 8.34. The summed E-state index contributed by atoms with van der Waals surface area (Å²) in [4.78, 5) is 2.62. The van der Waals surface area contributed by atoms with Gasteiger partial charge in [-0.15, -0.1) is 11.6 Å². The number of hydrogen-bond acceptors (Lipinski definition) is 1. The second-order valence-corrected chi connectivity index (χ2v) is 5.24. The standard InChI is InChI=1S/C11H20ClN/c12-11-5-7-13(8-6-11)9-10-3-1-2-4-10/h10-11H,1-9H2. The lowest BCUT2D eigenvalue weighted by molar-refractivity contribution is 0.198. The number of rotatable bonds is 2. The van der Waals surface area contributed by atoms with Gasteiger partial charge >= 0.3 is 0 Å². The summed E-state index contributed by atoms with van der Waals surface area (Å²) in [6, 6.07) is 0. The second kappa shape index (κ2) is 4.65. The molecule has 0 aromatic carbocycles. The Labute approximate surface area is 86.4 Å². The highest BCUT2D eigenvalue weighted by Crippen LogP contribution is 2.26. The third kappa shape index (κ3) is 2.85. The lowest BCUT2D eigenvalue weighted by Crippen LogP contribution is -2.36. The maximum absolute atomic E-state index is 6.07. The summed E-state index contributed by atoms with van der Waals surface area (Å²) in [6.07, 6.45) is 8.29. The van der Waals surface area contributed by atoms with E-state index in [1.165, 1.54) is 58.2 Å². The molecule has 1 aliphatic carbocycles. The molecule has 0 amide bonds. The first-order valence-corrected chi connectivity index (χ1v) is 6.14. The van der Waals surface area contributed by atoms with E-state index in [0.717, 1.165) is 5.92 Å². The van der Waals surface area contributed by atoms with Gasteiger partial charge in [0.2, 0.25) is 0 Å². The third-order valence-corrected chi connectivity index (χ3v) is 3.94. The maximum atomic E-state index is 6.07. The Kier molecular flexibility index (Phi) is 3.51. The van der Waals surface area contributed by atoms with Gasteiger partial charge in [-0.1, -0.05) is 12.8 Å². The van der Waals surface area contributed by atoms with E-state index in [1.54, 1.807) is 0 Å². The Balaban J connectivity index is 1.69. The van der Waals surface area contributed by atoms with Crippen molar-refractivity contribution in [1.29, 1.82) is 0 Å². The van der Waals surface area contributed by atoms with Crippen LogP contribution >= 0.6 is 11.6 Å². The number of piperidine rings is 1. The summed E-state index contributed by atoms with van der Waals surface area (Å²) in [7, 11) is 0. The van der Waals surface area contributed by atoms with Gasteiger partial charge in [0.05, 0.1) is 0 Å². The lowest BCUT2D eigenvalue weighted by atomic mass is 10.0. The third-order valence-electron chi connectivity index (χ3n) is 3.51. The molecule has 1 saturated heterocycles. The van der Waals surface area contributed by atoms with Crippen LogP contribution in [0.15, 0.2) is 0 Å². The molecule has 2 aliphatic rings. The van der Waals surface area contributed by atoms with E-state index in [9.17, 15) is 0 Å². The molecule has 2 rings (SSSR count). The van der Waals surface area contributed by atoms with Crippen molar-refractivity contribution in [1.82, 2.24) is 4.90 Å². The molecule has 2 fully saturated rings. The summed E-state index contributed by atoms with van der Waals surface area (Å²) in [6.45, 7) is 3.83. The molecule has 0 spiro atoms. The van der Waals surface area contributed by atoms with Crippen LogP contribution in [0.5, 0.6) is 0 Å². The quantitative estimate of drug-likeness (QED) is 0.622. The Hall–Kier alpha value is 0.250. The molecular weight excluding hydrogens is 182 g/mol. The SMILES string of the molecule is ClC1CCN(CC2CCCC2)CC1. The van der Waals surface area contributed by atoms with Gasteiger partial charge in [0.1, 0.15) is 0 Å². The first kappa shape index (κ1) is 9.79. The normalized spacial score (nSPS) is 28.4. The first-order valence-electron chi connectivity index (χ1n) is 5.71. The van der Waals surface area contributed by atoms with Gasteiger partial charge in [-0.25, -0.2) is 0 Å². The molecule has 13 heavy (non-hydrogen) atoms. The van der Waals surface area contributed by atoms with Crippen molar-refractivity contribution in [3.05, 3.63) is 0 Å². The molecule has 2 heteroatoms. The van der Waals surface area contributed by atoms with E-state index in [1.807, 2.05) is 0 Å². The molecule has 0 bridgehead atoms. The molecule has 76 valence electrons. The molecular formula is C11H20ClN. The van der Waals surface area contributed by atoms with E-state index in [4.69, 9.17) is 11.6 Å². The fraction of sp³-hybridized carbons (Fsp3) is 1.00. The topological polar surface area (TPSA) is 3.24 Å². The van der Waals surface area contributed by atoms with E-state index in [2.05, 4.69) is 4.90 Å². The van der Waals surface area contributed by atoms with Crippen molar-refractivity contribution in [2.75, 3.05) is 19.6 Å². The average Bonchev–Trinajstić information content (AvgIpc) is 2.62. The average molecular weight is 202 g/mol. The summed E-state index contributed by atoms with van der Waals surface area (Å²) in [5, 5.41) is 0.458. The van der Waals surface area contributed by atoms with Gasteiger partial charge in [0.25, 0.3) is 0 Å². The van der Waals surface area contributed by atoms with Crippen LogP contribution in [0.4, 0.5) is 0 Å². The number of likely N-dealkylation sites (tertiary alicyclic amines) is 1. The molecule has 1 nitrogen and oxygen atoms in total. The highest BCUT2D eigenvalue weighted by Gasteiger charge is 2.22. The number of alkyl halides is 1. The van der Waals surface area contributed by atoms with Crippen molar-refractivity contribution >= 4 is 11.6 Å². The molecule has 1 heterocycles. The molecule has 0 aromatic rings. The van der Waals surface area contributed by atoms with Crippen LogP contribution in [0.25, 0.3) is 0 Å². The maximum Gasteiger partial charge on any atom is 0.0360 e. The van der Waals surface area contributed by atoms with Gasteiger partial charge in [-0.3, -0.25) is 0 Å². The largest absolute Gasteiger partial charge is 0.303 e. The van der Waals surface area contributed by atoms with Gasteiger partial charge in [0, 0.05) is 11.9 Å². The number of halogens is 1. The Bertz CT molecular complexity index is 146. The van der Waals surface area contributed by atoms with Crippen LogP contribution in [0.2, 0.25) is 0 Å². The fourth-order valence-corrected chi connectivity index (χ4v) is 2.84. The van der Waals surface area contributed by atoms with Crippen molar-refractivity contribution < 1.29 is 0 Å². The molecule has 0 N–H and O–H groups in total. The summed E-state index contributed by atoms with van der Waals surface area (Å²) < 4.78 is 0.